The normalized spacial score (nSPS) is 10.2. The van der Waals surface area contributed by atoms with Crippen LogP contribution in [0.5, 0.6) is 0 Å². The number of aromatic nitrogens is 2. The van der Waals surface area contributed by atoms with Crippen LogP contribution in [0.2, 0.25) is 5.02 Å². The van der Waals surface area contributed by atoms with Crippen LogP contribution < -0.4 is 10.6 Å². The number of halogens is 1. The van der Waals surface area contributed by atoms with Crippen LogP contribution in [0.1, 0.15) is 26.4 Å². The summed E-state index contributed by atoms with van der Waals surface area (Å²) in [6, 6.07) is 17.4. The monoisotopic (exact) mass is 396 g/mol. The van der Waals surface area contributed by atoms with E-state index in [4.69, 9.17) is 16.3 Å². The lowest BCUT2D eigenvalue weighted by atomic mass is 10.2. The number of esters is 1. The molecule has 0 aliphatic carbocycles. The average molecular weight is 397 g/mol. The fourth-order valence-corrected chi connectivity index (χ4v) is 2.56. The number of nitrogens with zero attached hydrogens (tertiary/aromatic N) is 2. The van der Waals surface area contributed by atoms with Gasteiger partial charge >= 0.3 is 5.97 Å². The molecule has 1 aromatic heterocycles. The van der Waals surface area contributed by atoms with Crippen molar-refractivity contribution in [1.29, 1.82) is 0 Å². The van der Waals surface area contributed by atoms with Gasteiger partial charge in [-0.3, -0.25) is 4.79 Å². The van der Waals surface area contributed by atoms with E-state index < -0.39 is 5.97 Å². The minimum atomic E-state index is -0.476. The second-order valence-electron chi connectivity index (χ2n) is 5.78. The number of ether oxygens (including phenoxy) is 1. The zero-order valence-electron chi connectivity index (χ0n) is 15.0. The molecule has 0 aliphatic rings. The second-order valence-corrected chi connectivity index (χ2v) is 6.19. The summed E-state index contributed by atoms with van der Waals surface area (Å²) in [4.78, 5) is 23.8. The van der Waals surface area contributed by atoms with Gasteiger partial charge in [0.1, 0.15) is 0 Å². The molecule has 0 saturated carbocycles. The van der Waals surface area contributed by atoms with Crippen molar-refractivity contribution >= 4 is 35.0 Å². The molecular weight excluding hydrogens is 380 g/mol. The first kappa shape index (κ1) is 19.3. The largest absolute Gasteiger partial charge is 0.465 e. The lowest BCUT2D eigenvalue weighted by Crippen LogP contribution is -2.24. The zero-order chi connectivity index (χ0) is 19.9. The van der Waals surface area contributed by atoms with E-state index in [-0.39, 0.29) is 11.6 Å². The Kier molecular flexibility index (Phi) is 6.18. The Morgan fingerprint density at radius 2 is 1.82 bits per heavy atom. The fraction of sp³-hybridized carbons (Fsp3) is 0.100. The first-order valence-corrected chi connectivity index (χ1v) is 8.75. The van der Waals surface area contributed by atoms with E-state index in [1.165, 1.54) is 7.11 Å². The molecule has 0 radical (unpaired) electrons. The Labute approximate surface area is 166 Å². The summed E-state index contributed by atoms with van der Waals surface area (Å²) in [5, 5.41) is 14.1. The Balaban J connectivity index is 1.66. The predicted molar refractivity (Wildman–Crippen MR) is 106 cm³/mol. The van der Waals surface area contributed by atoms with Gasteiger partial charge in [-0.25, -0.2) is 4.79 Å². The van der Waals surface area contributed by atoms with Gasteiger partial charge in [0.15, 0.2) is 11.5 Å². The number of hydrogen-bond acceptors (Lipinski definition) is 6. The minimum absolute atomic E-state index is 0.191. The summed E-state index contributed by atoms with van der Waals surface area (Å²) in [5.74, 6) is -0.423. The van der Waals surface area contributed by atoms with Gasteiger partial charge in [0.2, 0.25) is 0 Å². The number of anilines is 2. The highest BCUT2D eigenvalue weighted by Crippen LogP contribution is 2.26. The van der Waals surface area contributed by atoms with Gasteiger partial charge in [-0.1, -0.05) is 41.9 Å². The van der Waals surface area contributed by atoms with Crippen molar-refractivity contribution in [3.8, 4) is 0 Å². The van der Waals surface area contributed by atoms with Gasteiger partial charge < -0.3 is 15.4 Å². The third kappa shape index (κ3) is 4.83. The van der Waals surface area contributed by atoms with E-state index in [1.807, 2.05) is 30.3 Å². The molecule has 3 rings (SSSR count). The Morgan fingerprint density at radius 3 is 2.50 bits per heavy atom. The Bertz CT molecular complexity index is 979. The maximum absolute atomic E-state index is 12.2. The predicted octanol–water partition coefficient (Wildman–Crippen LogP) is 3.59. The van der Waals surface area contributed by atoms with E-state index in [2.05, 4.69) is 20.8 Å². The third-order valence-electron chi connectivity index (χ3n) is 3.84. The van der Waals surface area contributed by atoms with E-state index in [0.29, 0.717) is 28.6 Å². The molecule has 28 heavy (non-hydrogen) atoms. The number of rotatable bonds is 6. The number of carbonyl (C=O) groups is 2. The van der Waals surface area contributed by atoms with Crippen LogP contribution in [0.15, 0.2) is 60.7 Å². The van der Waals surface area contributed by atoms with Crippen LogP contribution in [0.4, 0.5) is 11.5 Å². The summed E-state index contributed by atoms with van der Waals surface area (Å²) < 4.78 is 4.70. The topological polar surface area (TPSA) is 93.2 Å². The van der Waals surface area contributed by atoms with Crippen molar-refractivity contribution in [1.82, 2.24) is 15.5 Å². The molecule has 0 spiro atoms. The molecule has 0 atom stereocenters. The molecule has 1 amide bonds. The molecular formula is C20H17ClN4O3. The second kappa shape index (κ2) is 8.96. The number of carbonyl (C=O) groups excluding carboxylic acids is 2. The molecule has 0 unspecified atom stereocenters. The van der Waals surface area contributed by atoms with Crippen LogP contribution in [0, 0.1) is 0 Å². The summed E-state index contributed by atoms with van der Waals surface area (Å²) in [6.45, 7) is 0.400. The molecule has 2 N–H and O–H groups in total. The van der Waals surface area contributed by atoms with Gasteiger partial charge in [-0.2, -0.15) is 0 Å². The molecule has 0 aliphatic heterocycles. The fourth-order valence-electron chi connectivity index (χ4n) is 2.39. The van der Waals surface area contributed by atoms with Crippen LogP contribution in [0.25, 0.3) is 0 Å². The number of benzene rings is 2. The van der Waals surface area contributed by atoms with Crippen LogP contribution in [0.3, 0.4) is 0 Å². The van der Waals surface area contributed by atoms with Crippen LogP contribution in [-0.4, -0.2) is 29.2 Å². The Hall–Kier alpha value is -3.45. The summed E-state index contributed by atoms with van der Waals surface area (Å²) in [6.07, 6.45) is 0. The van der Waals surface area contributed by atoms with Gasteiger partial charge in [-0.05, 0) is 35.9 Å². The van der Waals surface area contributed by atoms with Gasteiger partial charge in [0.25, 0.3) is 5.91 Å². The molecule has 0 fully saturated rings. The van der Waals surface area contributed by atoms with Gasteiger partial charge in [0.05, 0.1) is 23.4 Å². The first-order chi connectivity index (χ1) is 13.6. The highest BCUT2D eigenvalue weighted by atomic mass is 35.5. The van der Waals surface area contributed by atoms with Crippen molar-refractivity contribution in [2.24, 2.45) is 0 Å². The Morgan fingerprint density at radius 1 is 1.04 bits per heavy atom. The molecule has 7 nitrogen and oxygen atoms in total. The van der Waals surface area contributed by atoms with E-state index >= 15 is 0 Å². The summed E-state index contributed by atoms with van der Waals surface area (Å²) in [5.41, 5.74) is 2.00. The van der Waals surface area contributed by atoms with Crippen molar-refractivity contribution in [2.75, 3.05) is 12.4 Å². The SMILES string of the molecule is COC(=O)c1ccc(Cl)c(Nc2ccc(C(=O)NCc3ccccc3)nn2)c1. The van der Waals surface area contributed by atoms with Crippen molar-refractivity contribution in [3.05, 3.63) is 82.5 Å². The van der Waals surface area contributed by atoms with Crippen molar-refractivity contribution in [3.63, 3.8) is 0 Å². The van der Waals surface area contributed by atoms with Crippen LogP contribution in [-0.2, 0) is 11.3 Å². The molecule has 8 heteroatoms. The molecule has 3 aromatic rings. The number of methoxy groups -OCH3 is 1. The highest BCUT2D eigenvalue weighted by Gasteiger charge is 2.11. The molecule has 0 bridgehead atoms. The van der Waals surface area contributed by atoms with E-state index in [9.17, 15) is 9.59 Å². The standard InChI is InChI=1S/C20H17ClN4O3/c1-28-20(27)14-7-8-15(21)17(11-14)23-18-10-9-16(24-25-18)19(26)22-12-13-5-3-2-4-6-13/h2-11H,12H2,1H3,(H,22,26)(H,23,25). The average Bonchev–Trinajstić information content (AvgIpc) is 2.74. The lowest BCUT2D eigenvalue weighted by molar-refractivity contribution is 0.0600. The quantitative estimate of drug-likeness (QED) is 0.618. The van der Waals surface area contributed by atoms with Gasteiger partial charge in [0, 0.05) is 6.54 Å². The van der Waals surface area contributed by atoms with Crippen LogP contribution >= 0.6 is 11.6 Å². The molecule has 142 valence electrons. The molecule has 0 saturated heterocycles. The number of amides is 1. The number of hydrogen-bond donors (Lipinski definition) is 2. The molecule has 1 heterocycles. The maximum atomic E-state index is 12.2. The summed E-state index contributed by atoms with van der Waals surface area (Å²) in [7, 11) is 1.30. The zero-order valence-corrected chi connectivity index (χ0v) is 15.7. The molecule has 2 aromatic carbocycles. The third-order valence-corrected chi connectivity index (χ3v) is 4.17. The van der Waals surface area contributed by atoms with E-state index in [0.717, 1.165) is 5.56 Å². The highest BCUT2D eigenvalue weighted by molar-refractivity contribution is 6.33. The van der Waals surface area contributed by atoms with E-state index in [1.54, 1.807) is 30.3 Å². The smallest absolute Gasteiger partial charge is 0.337 e. The lowest BCUT2D eigenvalue weighted by Gasteiger charge is -2.09. The minimum Gasteiger partial charge on any atom is -0.465 e. The van der Waals surface area contributed by atoms with Crippen molar-refractivity contribution in [2.45, 2.75) is 6.54 Å². The maximum Gasteiger partial charge on any atom is 0.337 e. The van der Waals surface area contributed by atoms with Gasteiger partial charge in [-0.15, -0.1) is 10.2 Å². The first-order valence-electron chi connectivity index (χ1n) is 8.37. The van der Waals surface area contributed by atoms with Crippen molar-refractivity contribution < 1.29 is 14.3 Å². The number of nitrogens with one attached hydrogen (secondary N) is 2. The summed E-state index contributed by atoms with van der Waals surface area (Å²) >= 11 is 6.15.